The molecule has 0 saturated carbocycles. The molecule has 2 heterocycles. The molecule has 2 aliphatic rings. The number of quaternary nitrogens is 1. The zero-order chi connectivity index (χ0) is 13.2. The van der Waals surface area contributed by atoms with Crippen LogP contribution in [0.4, 0.5) is 0 Å². The summed E-state index contributed by atoms with van der Waals surface area (Å²) in [6.45, 7) is 6.73. The number of hydrogen-bond donors (Lipinski definition) is 2. The van der Waals surface area contributed by atoms with Gasteiger partial charge in [-0.2, -0.15) is 0 Å². The number of hydrogen-bond acceptors (Lipinski definition) is 3. The maximum Gasteiger partial charge on any atom is 0.169 e. The van der Waals surface area contributed by atoms with Crippen molar-refractivity contribution >= 4 is 27.2 Å². The van der Waals surface area contributed by atoms with Crippen LogP contribution in [0.2, 0.25) is 0 Å². The molecular formula is C11H22N3O2S2+. The van der Waals surface area contributed by atoms with Crippen molar-refractivity contribution in [3.8, 4) is 0 Å². The fourth-order valence-electron chi connectivity index (χ4n) is 2.79. The predicted molar refractivity (Wildman–Crippen MR) is 75.6 cm³/mol. The Morgan fingerprint density at radius 1 is 1.44 bits per heavy atom. The van der Waals surface area contributed by atoms with Crippen LogP contribution in [0.15, 0.2) is 0 Å². The molecule has 0 amide bonds. The smallest absolute Gasteiger partial charge is 0.169 e. The van der Waals surface area contributed by atoms with Crippen LogP contribution in [0.3, 0.4) is 0 Å². The topological polar surface area (TPSA) is 53.9 Å². The van der Waals surface area contributed by atoms with Crippen LogP contribution < -0.4 is 10.2 Å². The van der Waals surface area contributed by atoms with E-state index in [0.717, 1.165) is 44.3 Å². The van der Waals surface area contributed by atoms with Crippen LogP contribution in [0, 0.1) is 0 Å². The van der Waals surface area contributed by atoms with Gasteiger partial charge in [-0.15, -0.1) is 0 Å². The van der Waals surface area contributed by atoms with E-state index in [1.165, 1.54) is 4.90 Å². The van der Waals surface area contributed by atoms with Gasteiger partial charge in [0.05, 0.1) is 31.9 Å². The van der Waals surface area contributed by atoms with Gasteiger partial charge < -0.3 is 15.1 Å². The monoisotopic (exact) mass is 292 g/mol. The molecule has 0 radical (unpaired) electrons. The molecule has 104 valence electrons. The van der Waals surface area contributed by atoms with Gasteiger partial charge in [0.15, 0.2) is 14.9 Å². The lowest BCUT2D eigenvalue weighted by Gasteiger charge is -2.36. The van der Waals surface area contributed by atoms with E-state index >= 15 is 0 Å². The van der Waals surface area contributed by atoms with Gasteiger partial charge in [0.2, 0.25) is 0 Å². The van der Waals surface area contributed by atoms with Gasteiger partial charge in [0.25, 0.3) is 0 Å². The molecule has 0 bridgehead atoms. The van der Waals surface area contributed by atoms with E-state index in [1.54, 1.807) is 0 Å². The minimum atomic E-state index is -2.76. The average Bonchev–Trinajstić information content (AvgIpc) is 2.70. The summed E-state index contributed by atoms with van der Waals surface area (Å²) in [5.41, 5.74) is 0. The average molecular weight is 292 g/mol. The first-order valence-electron chi connectivity index (χ1n) is 6.59. The lowest BCUT2D eigenvalue weighted by atomic mass is 10.2. The second-order valence-electron chi connectivity index (χ2n) is 5.08. The Morgan fingerprint density at radius 3 is 2.61 bits per heavy atom. The Labute approximate surface area is 114 Å². The molecule has 2 aliphatic heterocycles. The second kappa shape index (κ2) is 5.71. The highest BCUT2D eigenvalue weighted by Crippen LogP contribution is 2.09. The molecule has 0 unspecified atom stereocenters. The summed E-state index contributed by atoms with van der Waals surface area (Å²) in [6.07, 6.45) is 0.829. The largest absolute Gasteiger partial charge is 0.363 e. The van der Waals surface area contributed by atoms with Gasteiger partial charge in [-0.1, -0.05) is 0 Å². The molecule has 5 nitrogen and oxygen atoms in total. The number of nitrogens with zero attached hydrogens (tertiary/aromatic N) is 1. The third-order valence-electron chi connectivity index (χ3n) is 3.83. The van der Waals surface area contributed by atoms with Gasteiger partial charge >= 0.3 is 0 Å². The summed E-state index contributed by atoms with van der Waals surface area (Å²) in [4.78, 5) is 3.62. The molecule has 0 aromatic heterocycles. The van der Waals surface area contributed by atoms with Gasteiger partial charge in [-0.05, 0) is 19.1 Å². The fourth-order valence-corrected chi connectivity index (χ4v) is 4.94. The highest BCUT2D eigenvalue weighted by Gasteiger charge is 2.36. The minimum absolute atomic E-state index is 0.310. The van der Waals surface area contributed by atoms with Crippen molar-refractivity contribution in [2.45, 2.75) is 19.4 Å². The van der Waals surface area contributed by atoms with Crippen LogP contribution in [-0.4, -0.2) is 68.7 Å². The number of sulfone groups is 1. The first-order chi connectivity index (χ1) is 8.52. The molecule has 0 spiro atoms. The molecule has 0 aromatic rings. The normalized spacial score (nSPS) is 28.3. The van der Waals surface area contributed by atoms with E-state index in [0.29, 0.717) is 17.5 Å². The maximum atomic E-state index is 11.5. The zero-order valence-electron chi connectivity index (χ0n) is 10.8. The predicted octanol–water partition coefficient (Wildman–Crippen LogP) is -1.73. The summed E-state index contributed by atoms with van der Waals surface area (Å²) in [5.74, 6) is 0.751. The molecule has 2 rings (SSSR count). The summed E-state index contributed by atoms with van der Waals surface area (Å²) in [6, 6.07) is 0.310. The van der Waals surface area contributed by atoms with Crippen molar-refractivity contribution in [2.75, 3.05) is 44.2 Å². The summed E-state index contributed by atoms with van der Waals surface area (Å²) >= 11 is 5.29. The molecule has 2 N–H and O–H groups in total. The van der Waals surface area contributed by atoms with Crippen molar-refractivity contribution in [2.24, 2.45) is 0 Å². The van der Waals surface area contributed by atoms with Crippen molar-refractivity contribution in [1.29, 1.82) is 0 Å². The lowest BCUT2D eigenvalue weighted by molar-refractivity contribution is -0.925. The van der Waals surface area contributed by atoms with Crippen LogP contribution in [-0.2, 0) is 9.84 Å². The van der Waals surface area contributed by atoms with Crippen molar-refractivity contribution in [3.63, 3.8) is 0 Å². The Balaban J connectivity index is 1.82. The Hall–Kier alpha value is -0.400. The number of thiocarbonyl (C=S) groups is 1. The highest BCUT2D eigenvalue weighted by molar-refractivity contribution is 7.91. The van der Waals surface area contributed by atoms with Crippen LogP contribution in [0.5, 0.6) is 0 Å². The number of rotatable bonds is 2. The summed E-state index contributed by atoms with van der Waals surface area (Å²) < 4.78 is 23.0. The first-order valence-corrected chi connectivity index (χ1v) is 8.82. The van der Waals surface area contributed by atoms with E-state index in [4.69, 9.17) is 12.2 Å². The standard InChI is InChI=1S/C11H21N3O2S2/c1-2-12-11(17)14-6-4-13(5-7-14)10-3-8-18(15,16)9-10/h10H,2-9H2,1H3,(H,12,17)/p+1/t10-/m1/s1. The molecule has 1 atom stereocenters. The van der Waals surface area contributed by atoms with Crippen molar-refractivity contribution < 1.29 is 13.3 Å². The first kappa shape index (κ1) is 14.0. The van der Waals surface area contributed by atoms with E-state index in [-0.39, 0.29) is 0 Å². The molecule has 2 fully saturated rings. The molecule has 7 heteroatoms. The van der Waals surface area contributed by atoms with E-state index in [9.17, 15) is 8.42 Å². The Morgan fingerprint density at radius 2 is 2.11 bits per heavy atom. The second-order valence-corrected chi connectivity index (χ2v) is 7.70. The van der Waals surface area contributed by atoms with E-state index in [2.05, 4.69) is 10.2 Å². The molecule has 0 aliphatic carbocycles. The Kier molecular flexibility index (Phi) is 4.45. The maximum absolute atomic E-state index is 11.5. The van der Waals surface area contributed by atoms with Crippen molar-refractivity contribution in [1.82, 2.24) is 10.2 Å². The SMILES string of the molecule is CCNC(=S)N1CC[NH+]([C@@H]2CCS(=O)(=O)C2)CC1. The quantitative estimate of drug-likeness (QED) is 0.592. The number of nitrogens with one attached hydrogen (secondary N) is 2. The van der Waals surface area contributed by atoms with E-state index in [1.807, 2.05) is 6.92 Å². The van der Waals surface area contributed by atoms with Gasteiger partial charge in [-0.3, -0.25) is 0 Å². The molecule has 2 saturated heterocycles. The third kappa shape index (κ3) is 3.33. The van der Waals surface area contributed by atoms with Crippen molar-refractivity contribution in [3.05, 3.63) is 0 Å². The van der Waals surface area contributed by atoms with Crippen LogP contribution in [0.1, 0.15) is 13.3 Å². The highest BCUT2D eigenvalue weighted by atomic mass is 32.2. The van der Waals surface area contributed by atoms with E-state index < -0.39 is 9.84 Å². The molecule has 18 heavy (non-hydrogen) atoms. The van der Waals surface area contributed by atoms with Crippen LogP contribution in [0.25, 0.3) is 0 Å². The summed E-state index contributed by atoms with van der Waals surface area (Å²) in [5, 5.41) is 3.99. The minimum Gasteiger partial charge on any atom is -0.363 e. The Bertz CT molecular complexity index is 403. The lowest BCUT2D eigenvalue weighted by Crippen LogP contribution is -3.18. The zero-order valence-corrected chi connectivity index (χ0v) is 12.4. The molecule has 0 aromatic carbocycles. The third-order valence-corrected chi connectivity index (χ3v) is 6.00. The fraction of sp³-hybridized carbons (Fsp3) is 0.909. The van der Waals surface area contributed by atoms with Crippen LogP contribution >= 0.6 is 12.2 Å². The number of piperazine rings is 1. The van der Waals surface area contributed by atoms with Gasteiger partial charge in [-0.25, -0.2) is 8.42 Å². The summed E-state index contributed by atoms with van der Waals surface area (Å²) in [7, 11) is -2.76. The van der Waals surface area contributed by atoms with Gasteiger partial charge in [0, 0.05) is 13.0 Å². The molecular weight excluding hydrogens is 270 g/mol. The van der Waals surface area contributed by atoms with Gasteiger partial charge in [0.1, 0.15) is 11.8 Å².